The first-order valence-electron chi connectivity index (χ1n) is 7.92. The van der Waals surface area contributed by atoms with E-state index in [4.69, 9.17) is 4.74 Å². The van der Waals surface area contributed by atoms with Gasteiger partial charge >= 0.3 is 5.97 Å². The minimum Gasteiger partial charge on any atom is -0.460 e. The number of sulfonamides is 1. The van der Waals surface area contributed by atoms with Crippen molar-refractivity contribution in [3.05, 3.63) is 59.9 Å². The summed E-state index contributed by atoms with van der Waals surface area (Å²) in [4.78, 5) is 22.9. The van der Waals surface area contributed by atoms with Crippen LogP contribution < -0.4 is 5.32 Å². The average Bonchev–Trinajstić information content (AvgIpc) is 2.61. The molecule has 0 aliphatic carbocycles. The molecule has 1 N–H and O–H groups in total. The van der Waals surface area contributed by atoms with E-state index >= 15 is 0 Å². The molecule has 0 aromatic heterocycles. The number of nitrogens with zero attached hydrogens (tertiary/aromatic N) is 1. The number of anilines is 1. The number of ether oxygens (including phenoxy) is 1. The lowest BCUT2D eigenvalue weighted by Crippen LogP contribution is -2.33. The summed E-state index contributed by atoms with van der Waals surface area (Å²) in [6, 6.07) is 11.0. The molecule has 2 aromatic rings. The van der Waals surface area contributed by atoms with E-state index in [-0.39, 0.29) is 17.4 Å². The molecular weight excluding hydrogens is 375 g/mol. The summed E-state index contributed by atoms with van der Waals surface area (Å²) in [5.74, 6) is -1.41. The largest absolute Gasteiger partial charge is 0.460 e. The van der Waals surface area contributed by atoms with E-state index in [1.807, 2.05) is 0 Å². The molecular formula is C18H19FN2O5S. The molecule has 144 valence electrons. The van der Waals surface area contributed by atoms with Crippen molar-refractivity contribution in [2.45, 2.75) is 18.4 Å². The van der Waals surface area contributed by atoms with Gasteiger partial charge < -0.3 is 10.1 Å². The highest BCUT2D eigenvalue weighted by atomic mass is 32.2. The van der Waals surface area contributed by atoms with Gasteiger partial charge in [-0.15, -0.1) is 0 Å². The first-order chi connectivity index (χ1) is 12.7. The fourth-order valence-corrected chi connectivity index (χ4v) is 3.27. The molecule has 0 atom stereocenters. The molecule has 0 saturated carbocycles. The second-order valence-corrected chi connectivity index (χ2v) is 7.80. The van der Waals surface area contributed by atoms with Crippen LogP contribution in [0.3, 0.4) is 0 Å². The van der Waals surface area contributed by atoms with Gasteiger partial charge in [-0.05, 0) is 42.0 Å². The van der Waals surface area contributed by atoms with Gasteiger partial charge in [-0.25, -0.2) is 12.8 Å². The van der Waals surface area contributed by atoms with Crippen molar-refractivity contribution in [3.8, 4) is 0 Å². The van der Waals surface area contributed by atoms with Crippen LogP contribution in [0.2, 0.25) is 0 Å². The Kier molecular flexibility index (Phi) is 6.65. The minimum atomic E-state index is -3.90. The Hall–Kier alpha value is -2.78. The van der Waals surface area contributed by atoms with Gasteiger partial charge in [0, 0.05) is 19.7 Å². The zero-order valence-corrected chi connectivity index (χ0v) is 15.6. The van der Waals surface area contributed by atoms with Crippen molar-refractivity contribution >= 4 is 27.6 Å². The molecule has 2 rings (SSSR count). The van der Waals surface area contributed by atoms with E-state index in [1.165, 1.54) is 62.5 Å². The van der Waals surface area contributed by atoms with Crippen LogP contribution in [-0.2, 0) is 31.0 Å². The number of halogens is 1. The van der Waals surface area contributed by atoms with Crippen LogP contribution in [0.5, 0.6) is 0 Å². The third-order valence-electron chi connectivity index (χ3n) is 3.55. The Labute approximate surface area is 156 Å². The minimum absolute atomic E-state index is 0.0227. The lowest BCUT2D eigenvalue weighted by molar-refractivity contribution is -0.144. The highest BCUT2D eigenvalue weighted by Crippen LogP contribution is 2.17. The smallest absolute Gasteiger partial charge is 0.321 e. The molecule has 27 heavy (non-hydrogen) atoms. The number of nitrogens with one attached hydrogen (secondary N) is 1. The molecule has 0 saturated heterocycles. The summed E-state index contributed by atoms with van der Waals surface area (Å²) in [5, 5.41) is 2.54. The Morgan fingerprint density at radius 1 is 1.07 bits per heavy atom. The summed E-state index contributed by atoms with van der Waals surface area (Å²) in [6.07, 6.45) is 0. The molecule has 0 fully saturated rings. The normalized spacial score (nSPS) is 11.3. The summed E-state index contributed by atoms with van der Waals surface area (Å²) >= 11 is 0. The first-order valence-corrected chi connectivity index (χ1v) is 9.36. The highest BCUT2D eigenvalue weighted by molar-refractivity contribution is 7.89. The third-order valence-corrected chi connectivity index (χ3v) is 5.37. The van der Waals surface area contributed by atoms with Crippen molar-refractivity contribution in [1.29, 1.82) is 0 Å². The molecule has 0 radical (unpaired) electrons. The summed E-state index contributed by atoms with van der Waals surface area (Å²) in [5.41, 5.74) is 1.05. The maximum absolute atomic E-state index is 12.8. The second kappa shape index (κ2) is 8.74. The molecule has 0 bridgehead atoms. The van der Waals surface area contributed by atoms with Gasteiger partial charge in [0.1, 0.15) is 19.0 Å². The van der Waals surface area contributed by atoms with Crippen LogP contribution >= 0.6 is 0 Å². The van der Waals surface area contributed by atoms with E-state index in [0.717, 1.165) is 4.31 Å². The monoisotopic (exact) mass is 394 g/mol. The SMILES string of the molecule is CC(=O)Nc1ccc(S(=O)(=O)N(C)CC(=O)OCc2ccc(F)cc2)cc1. The van der Waals surface area contributed by atoms with Crippen LogP contribution in [0.1, 0.15) is 12.5 Å². The Balaban J connectivity index is 1.96. The molecule has 1 amide bonds. The Morgan fingerprint density at radius 2 is 1.67 bits per heavy atom. The highest BCUT2D eigenvalue weighted by Gasteiger charge is 2.23. The van der Waals surface area contributed by atoms with Gasteiger partial charge in [0.2, 0.25) is 15.9 Å². The molecule has 9 heteroatoms. The maximum atomic E-state index is 12.8. The molecule has 7 nitrogen and oxygen atoms in total. The fraction of sp³-hybridized carbons (Fsp3) is 0.222. The summed E-state index contributed by atoms with van der Waals surface area (Å²) < 4.78 is 43.7. The first kappa shape index (κ1) is 20.5. The van der Waals surface area contributed by atoms with E-state index in [9.17, 15) is 22.4 Å². The van der Waals surface area contributed by atoms with Gasteiger partial charge in [-0.3, -0.25) is 9.59 Å². The van der Waals surface area contributed by atoms with Gasteiger partial charge in [-0.1, -0.05) is 12.1 Å². The van der Waals surface area contributed by atoms with Gasteiger partial charge in [0.25, 0.3) is 0 Å². The van der Waals surface area contributed by atoms with Crippen LogP contribution in [-0.4, -0.2) is 38.2 Å². The molecule has 0 aliphatic rings. The van der Waals surface area contributed by atoms with Gasteiger partial charge in [-0.2, -0.15) is 4.31 Å². The van der Waals surface area contributed by atoms with E-state index in [0.29, 0.717) is 11.3 Å². The number of hydrogen-bond acceptors (Lipinski definition) is 5. The van der Waals surface area contributed by atoms with E-state index in [1.54, 1.807) is 0 Å². The number of hydrogen-bond donors (Lipinski definition) is 1. The quantitative estimate of drug-likeness (QED) is 0.727. The predicted octanol–water partition coefficient (Wildman–Crippen LogP) is 2.15. The number of carbonyl (C=O) groups excluding carboxylic acids is 2. The van der Waals surface area contributed by atoms with Gasteiger partial charge in [0.15, 0.2) is 0 Å². The zero-order chi connectivity index (χ0) is 20.0. The summed E-state index contributed by atoms with van der Waals surface area (Å²) in [7, 11) is -2.64. The van der Waals surface area contributed by atoms with Crippen LogP contribution in [0.25, 0.3) is 0 Å². The number of carbonyl (C=O) groups is 2. The number of esters is 1. The van der Waals surface area contributed by atoms with Crippen molar-refractivity contribution in [3.63, 3.8) is 0 Å². The van der Waals surface area contributed by atoms with Gasteiger partial charge in [0.05, 0.1) is 4.90 Å². The Bertz CT molecular complexity index is 912. The third kappa shape index (κ3) is 5.87. The number of amides is 1. The van der Waals surface area contributed by atoms with Crippen molar-refractivity contribution in [1.82, 2.24) is 4.31 Å². The molecule has 0 aliphatic heterocycles. The molecule has 0 heterocycles. The van der Waals surface area contributed by atoms with Crippen LogP contribution in [0.4, 0.5) is 10.1 Å². The molecule has 0 spiro atoms. The predicted molar refractivity (Wildman–Crippen MR) is 96.8 cm³/mol. The van der Waals surface area contributed by atoms with Crippen molar-refractivity contribution in [2.75, 3.05) is 18.9 Å². The van der Waals surface area contributed by atoms with Crippen molar-refractivity contribution in [2.24, 2.45) is 0 Å². The second-order valence-electron chi connectivity index (χ2n) is 5.75. The van der Waals surface area contributed by atoms with E-state index < -0.39 is 28.4 Å². The average molecular weight is 394 g/mol. The van der Waals surface area contributed by atoms with Crippen molar-refractivity contribution < 1.29 is 27.1 Å². The Morgan fingerprint density at radius 3 is 2.22 bits per heavy atom. The number of likely N-dealkylation sites (N-methyl/N-ethyl adjacent to an activating group) is 1. The summed E-state index contributed by atoms with van der Waals surface area (Å²) in [6.45, 7) is 0.783. The zero-order valence-electron chi connectivity index (χ0n) is 14.8. The van der Waals surface area contributed by atoms with Crippen LogP contribution in [0, 0.1) is 5.82 Å². The standard InChI is InChI=1S/C18H19FN2O5S/c1-13(22)20-16-7-9-17(10-8-16)27(24,25)21(2)11-18(23)26-12-14-3-5-15(19)6-4-14/h3-10H,11-12H2,1-2H3,(H,20,22). The van der Waals surface area contributed by atoms with E-state index in [2.05, 4.69) is 5.32 Å². The number of rotatable bonds is 7. The number of benzene rings is 2. The van der Waals surface area contributed by atoms with Crippen LogP contribution in [0.15, 0.2) is 53.4 Å². The fourth-order valence-electron chi connectivity index (χ4n) is 2.15. The molecule has 0 unspecified atom stereocenters. The lowest BCUT2D eigenvalue weighted by atomic mass is 10.2. The maximum Gasteiger partial charge on any atom is 0.321 e. The molecule has 2 aromatic carbocycles. The lowest BCUT2D eigenvalue weighted by Gasteiger charge is -2.16. The topological polar surface area (TPSA) is 92.8 Å².